The molecule has 0 radical (unpaired) electrons. The van der Waals surface area contributed by atoms with Crippen LogP contribution in [0, 0.1) is 0 Å². The minimum atomic E-state index is 1.18. The van der Waals surface area contributed by atoms with E-state index >= 15 is 0 Å². The molecule has 40 heavy (non-hydrogen) atoms. The Kier molecular flexibility index (Phi) is 4.55. The molecule has 0 fully saturated rings. The van der Waals surface area contributed by atoms with E-state index in [-0.39, 0.29) is 0 Å². The zero-order valence-corrected chi connectivity index (χ0v) is 22.5. The zero-order valence-electron chi connectivity index (χ0n) is 21.6. The van der Waals surface area contributed by atoms with Crippen LogP contribution in [-0.4, -0.2) is 4.57 Å². The van der Waals surface area contributed by atoms with Crippen molar-refractivity contribution in [2.24, 2.45) is 0 Å². The fourth-order valence-corrected chi connectivity index (χ4v) is 7.88. The van der Waals surface area contributed by atoms with E-state index in [4.69, 9.17) is 0 Å². The molecule has 7 aromatic carbocycles. The molecule has 2 heterocycles. The first-order chi connectivity index (χ1) is 19.9. The normalized spacial score (nSPS) is 12.0. The lowest BCUT2D eigenvalue weighted by atomic mass is 9.95. The number of thiophene rings is 1. The molecular formula is C38H23NS. The van der Waals surface area contributed by atoms with Crippen LogP contribution < -0.4 is 0 Å². The summed E-state index contributed by atoms with van der Waals surface area (Å²) < 4.78 is 5.19. The summed E-state index contributed by atoms with van der Waals surface area (Å²) in [5.41, 5.74) is 6.16. The molecule has 0 saturated heterocycles. The van der Waals surface area contributed by atoms with E-state index in [9.17, 15) is 0 Å². The maximum absolute atomic E-state index is 2.49. The largest absolute Gasteiger partial charge is 0.309 e. The highest BCUT2D eigenvalue weighted by molar-refractivity contribution is 7.27. The molecule has 0 bridgehead atoms. The van der Waals surface area contributed by atoms with E-state index in [0.29, 0.717) is 0 Å². The van der Waals surface area contributed by atoms with Crippen molar-refractivity contribution in [1.29, 1.82) is 0 Å². The van der Waals surface area contributed by atoms with E-state index in [2.05, 4.69) is 144 Å². The minimum Gasteiger partial charge on any atom is -0.309 e. The smallest absolute Gasteiger partial charge is 0.0626 e. The molecule has 1 nitrogen and oxygen atoms in total. The van der Waals surface area contributed by atoms with E-state index in [1.807, 2.05) is 11.3 Å². The predicted molar refractivity (Wildman–Crippen MR) is 174 cm³/mol. The van der Waals surface area contributed by atoms with Crippen LogP contribution >= 0.6 is 11.3 Å². The monoisotopic (exact) mass is 525 g/mol. The number of fused-ring (bicyclic) bond motifs is 12. The molecule has 0 aliphatic carbocycles. The van der Waals surface area contributed by atoms with Crippen LogP contribution in [0.5, 0.6) is 0 Å². The van der Waals surface area contributed by atoms with Crippen molar-refractivity contribution in [1.82, 2.24) is 4.57 Å². The summed E-state index contributed by atoms with van der Waals surface area (Å²) in [5.74, 6) is 0. The lowest BCUT2D eigenvalue weighted by molar-refractivity contribution is 1.19. The topological polar surface area (TPSA) is 4.93 Å². The lowest BCUT2D eigenvalue weighted by Gasteiger charge is -2.13. The van der Waals surface area contributed by atoms with Gasteiger partial charge in [0.05, 0.1) is 11.0 Å². The number of para-hydroxylation sites is 1. The van der Waals surface area contributed by atoms with Crippen LogP contribution in [0.15, 0.2) is 140 Å². The van der Waals surface area contributed by atoms with Gasteiger partial charge >= 0.3 is 0 Å². The average Bonchev–Trinajstić information content (AvgIpc) is 3.58. The van der Waals surface area contributed by atoms with Gasteiger partial charge in [-0.15, -0.1) is 11.3 Å². The second kappa shape index (κ2) is 8.29. The van der Waals surface area contributed by atoms with E-state index < -0.39 is 0 Å². The summed E-state index contributed by atoms with van der Waals surface area (Å²) in [6.45, 7) is 0. The van der Waals surface area contributed by atoms with E-state index in [0.717, 1.165) is 0 Å². The fraction of sp³-hybridized carbons (Fsp3) is 0. The molecule has 0 unspecified atom stereocenters. The Labute approximate surface area is 235 Å². The van der Waals surface area contributed by atoms with Crippen LogP contribution in [0.3, 0.4) is 0 Å². The van der Waals surface area contributed by atoms with Gasteiger partial charge in [0, 0.05) is 47.4 Å². The molecule has 0 amide bonds. The molecule has 0 aliphatic heterocycles. The third kappa shape index (κ3) is 2.97. The Bertz CT molecular complexity index is 2410. The highest BCUT2D eigenvalue weighted by atomic mass is 32.1. The first kappa shape index (κ1) is 22.0. The summed E-state index contributed by atoms with van der Waals surface area (Å²) >= 11 is 1.91. The Hall–Kier alpha value is -4.92. The van der Waals surface area contributed by atoms with Crippen LogP contribution in [0.4, 0.5) is 0 Å². The van der Waals surface area contributed by atoms with Crippen molar-refractivity contribution < 1.29 is 0 Å². The molecule has 0 spiro atoms. The highest BCUT2D eigenvalue weighted by Gasteiger charge is 2.20. The minimum absolute atomic E-state index is 1.18. The Morgan fingerprint density at radius 2 is 1.02 bits per heavy atom. The first-order valence-electron chi connectivity index (χ1n) is 13.7. The van der Waals surface area contributed by atoms with Crippen LogP contribution in [0.1, 0.15) is 0 Å². The SMILES string of the molecule is c1ccc(-c2ccc(-n3c4ccccc4c4ccc5c6ccccc6c6sc7ccccc7c6c5c43)cc2)cc1. The van der Waals surface area contributed by atoms with Gasteiger partial charge < -0.3 is 4.57 Å². The third-order valence-corrected chi connectivity index (χ3v) is 9.58. The van der Waals surface area contributed by atoms with Crippen molar-refractivity contribution in [2.45, 2.75) is 0 Å². The molecule has 2 aromatic heterocycles. The maximum Gasteiger partial charge on any atom is 0.0626 e. The van der Waals surface area contributed by atoms with E-state index in [1.54, 1.807) is 0 Å². The maximum atomic E-state index is 2.49. The highest BCUT2D eigenvalue weighted by Crippen LogP contribution is 2.47. The Balaban J connectivity index is 1.50. The second-order valence-corrected chi connectivity index (χ2v) is 11.5. The Morgan fingerprint density at radius 1 is 0.400 bits per heavy atom. The van der Waals surface area contributed by atoms with Gasteiger partial charge in [-0.3, -0.25) is 0 Å². The molecule has 2 heteroatoms. The molecule has 9 rings (SSSR count). The molecule has 186 valence electrons. The van der Waals surface area contributed by atoms with Gasteiger partial charge in [-0.1, -0.05) is 115 Å². The number of hydrogen-bond donors (Lipinski definition) is 0. The third-order valence-electron chi connectivity index (χ3n) is 8.38. The number of nitrogens with zero attached hydrogens (tertiary/aromatic N) is 1. The number of aromatic nitrogens is 1. The van der Waals surface area contributed by atoms with Gasteiger partial charge in [-0.2, -0.15) is 0 Å². The number of rotatable bonds is 2. The van der Waals surface area contributed by atoms with Gasteiger partial charge in [-0.05, 0) is 46.2 Å². The second-order valence-electron chi connectivity index (χ2n) is 10.5. The van der Waals surface area contributed by atoms with Gasteiger partial charge in [0.2, 0.25) is 0 Å². The molecule has 0 N–H and O–H groups in total. The summed E-state index contributed by atoms with van der Waals surface area (Å²) in [4.78, 5) is 0. The van der Waals surface area contributed by atoms with Gasteiger partial charge in [-0.25, -0.2) is 0 Å². The van der Waals surface area contributed by atoms with Gasteiger partial charge in [0.15, 0.2) is 0 Å². The van der Waals surface area contributed by atoms with Crippen LogP contribution in [-0.2, 0) is 0 Å². The Morgan fingerprint density at radius 3 is 1.85 bits per heavy atom. The standard InChI is InChI=1S/C38H23NS/c1-2-10-24(11-3-1)25-18-20-26(21-19-25)39-33-16-8-6-13-28(33)30-23-22-29-27-12-4-5-14-31(27)38-36(35(29)37(30)39)32-15-7-9-17-34(32)40-38/h1-23H. The van der Waals surface area contributed by atoms with Crippen molar-refractivity contribution in [2.75, 3.05) is 0 Å². The van der Waals surface area contributed by atoms with Crippen molar-refractivity contribution in [3.63, 3.8) is 0 Å². The molecule has 0 saturated carbocycles. The van der Waals surface area contributed by atoms with E-state index in [1.165, 1.54) is 80.3 Å². The molecular weight excluding hydrogens is 502 g/mol. The van der Waals surface area contributed by atoms with Crippen molar-refractivity contribution in [3.05, 3.63) is 140 Å². The number of benzene rings is 7. The van der Waals surface area contributed by atoms with Crippen molar-refractivity contribution >= 4 is 74.9 Å². The quantitative estimate of drug-likeness (QED) is 0.198. The van der Waals surface area contributed by atoms with Gasteiger partial charge in [0.25, 0.3) is 0 Å². The molecule has 9 aromatic rings. The fourth-order valence-electron chi connectivity index (χ4n) is 6.64. The average molecular weight is 526 g/mol. The molecule has 0 aliphatic rings. The van der Waals surface area contributed by atoms with Crippen molar-refractivity contribution in [3.8, 4) is 16.8 Å². The van der Waals surface area contributed by atoms with Crippen LogP contribution in [0.2, 0.25) is 0 Å². The number of hydrogen-bond acceptors (Lipinski definition) is 1. The van der Waals surface area contributed by atoms with Gasteiger partial charge in [0.1, 0.15) is 0 Å². The predicted octanol–water partition coefficient (Wildman–Crippen LogP) is 11.1. The summed E-state index contributed by atoms with van der Waals surface area (Å²) in [7, 11) is 0. The van der Waals surface area contributed by atoms with Crippen LogP contribution in [0.25, 0.3) is 80.3 Å². The molecule has 0 atom stereocenters. The lowest BCUT2D eigenvalue weighted by Crippen LogP contribution is -1.95. The first-order valence-corrected chi connectivity index (χ1v) is 14.5. The zero-order chi connectivity index (χ0) is 26.2. The summed E-state index contributed by atoms with van der Waals surface area (Å²) in [6, 6.07) is 51.0. The summed E-state index contributed by atoms with van der Waals surface area (Å²) in [6.07, 6.45) is 0. The summed E-state index contributed by atoms with van der Waals surface area (Å²) in [5, 5.41) is 10.6.